The van der Waals surface area contributed by atoms with Crippen LogP contribution in [0.5, 0.6) is 0 Å². The van der Waals surface area contributed by atoms with Gasteiger partial charge in [0.1, 0.15) is 12.4 Å². The Hall–Kier alpha value is -1.99. The first-order valence-corrected chi connectivity index (χ1v) is 8.44. The van der Waals surface area contributed by atoms with Crippen molar-refractivity contribution in [1.82, 2.24) is 15.1 Å². The van der Waals surface area contributed by atoms with Crippen LogP contribution >= 0.6 is 0 Å². The van der Waals surface area contributed by atoms with E-state index in [2.05, 4.69) is 26.9 Å². The minimum absolute atomic E-state index is 0.311. The normalized spacial score (nSPS) is 17.3. The maximum absolute atomic E-state index is 5.76. The lowest BCUT2D eigenvalue weighted by Gasteiger charge is -2.26. The molecule has 2 aromatic rings. The van der Waals surface area contributed by atoms with Crippen molar-refractivity contribution < 1.29 is 14.0 Å². The van der Waals surface area contributed by atoms with Crippen molar-refractivity contribution in [3.8, 4) is 11.5 Å². The van der Waals surface area contributed by atoms with E-state index in [0.29, 0.717) is 24.4 Å². The zero-order chi connectivity index (χ0) is 16.8. The molecule has 7 heteroatoms. The summed E-state index contributed by atoms with van der Waals surface area (Å²) in [6.45, 7) is 5.23. The van der Waals surface area contributed by atoms with Crippen LogP contribution in [0.2, 0.25) is 0 Å². The smallest absolute Gasteiger partial charge is 0.259 e. The number of hydrogen-bond donors (Lipinski definition) is 0. The molecule has 1 fully saturated rings. The molecule has 0 aromatic carbocycles. The zero-order valence-electron chi connectivity index (χ0n) is 14.3. The van der Waals surface area contributed by atoms with Crippen molar-refractivity contribution >= 4 is 5.82 Å². The van der Waals surface area contributed by atoms with Crippen molar-refractivity contribution in [2.24, 2.45) is 0 Å². The number of aromatic nitrogens is 3. The average Bonchev–Trinajstić information content (AvgIpc) is 3.27. The SMILES string of the molecule is CCCN(CC1CCCO1)c1ccc(-c2nc(COC)no2)cn1. The molecule has 1 aliphatic rings. The highest BCUT2D eigenvalue weighted by Crippen LogP contribution is 2.22. The van der Waals surface area contributed by atoms with E-state index < -0.39 is 0 Å². The van der Waals surface area contributed by atoms with Crippen molar-refractivity contribution in [1.29, 1.82) is 0 Å². The Morgan fingerprint density at radius 3 is 2.96 bits per heavy atom. The van der Waals surface area contributed by atoms with Crippen LogP contribution in [0.3, 0.4) is 0 Å². The van der Waals surface area contributed by atoms with Crippen LogP contribution in [-0.2, 0) is 16.1 Å². The van der Waals surface area contributed by atoms with Gasteiger partial charge in [-0.2, -0.15) is 4.98 Å². The van der Waals surface area contributed by atoms with Crippen LogP contribution in [0.1, 0.15) is 32.0 Å². The summed E-state index contributed by atoms with van der Waals surface area (Å²) < 4.78 is 16.0. The summed E-state index contributed by atoms with van der Waals surface area (Å²) in [4.78, 5) is 11.2. The van der Waals surface area contributed by atoms with E-state index in [1.54, 1.807) is 13.3 Å². The lowest BCUT2D eigenvalue weighted by molar-refractivity contribution is 0.115. The summed E-state index contributed by atoms with van der Waals surface area (Å²) >= 11 is 0. The second kappa shape index (κ2) is 8.21. The number of ether oxygens (including phenoxy) is 2. The monoisotopic (exact) mass is 332 g/mol. The molecule has 130 valence electrons. The van der Waals surface area contributed by atoms with Gasteiger partial charge in [0.2, 0.25) is 0 Å². The molecule has 24 heavy (non-hydrogen) atoms. The van der Waals surface area contributed by atoms with Crippen LogP contribution < -0.4 is 4.90 Å². The Kier molecular flexibility index (Phi) is 5.77. The van der Waals surface area contributed by atoms with E-state index in [-0.39, 0.29) is 0 Å². The molecule has 0 aliphatic carbocycles. The lowest BCUT2D eigenvalue weighted by atomic mass is 10.2. The molecular weight excluding hydrogens is 308 g/mol. The average molecular weight is 332 g/mol. The molecule has 0 radical (unpaired) electrons. The standard InChI is InChI=1S/C17H24N4O3/c1-3-8-21(11-14-5-4-9-23-14)16-7-6-13(10-18-16)17-19-15(12-22-2)20-24-17/h6-7,10,14H,3-5,8-9,11-12H2,1-2H3. The van der Waals surface area contributed by atoms with Gasteiger partial charge in [-0.25, -0.2) is 4.98 Å². The third-order valence-electron chi connectivity index (χ3n) is 4.00. The van der Waals surface area contributed by atoms with Crippen molar-refractivity contribution in [3.05, 3.63) is 24.2 Å². The van der Waals surface area contributed by atoms with E-state index in [9.17, 15) is 0 Å². The van der Waals surface area contributed by atoms with Gasteiger partial charge in [0.05, 0.1) is 11.7 Å². The predicted molar refractivity (Wildman–Crippen MR) is 89.7 cm³/mol. The minimum Gasteiger partial charge on any atom is -0.377 e. The number of hydrogen-bond acceptors (Lipinski definition) is 7. The van der Waals surface area contributed by atoms with Gasteiger partial charge >= 0.3 is 0 Å². The lowest BCUT2D eigenvalue weighted by Crippen LogP contribution is -2.33. The second-order valence-electron chi connectivity index (χ2n) is 5.93. The van der Waals surface area contributed by atoms with Gasteiger partial charge in [-0.15, -0.1) is 0 Å². The molecule has 1 aliphatic heterocycles. The zero-order valence-corrected chi connectivity index (χ0v) is 14.3. The summed E-state index contributed by atoms with van der Waals surface area (Å²) in [5.74, 6) is 1.94. The first-order valence-electron chi connectivity index (χ1n) is 8.44. The Morgan fingerprint density at radius 1 is 1.38 bits per heavy atom. The molecule has 2 aromatic heterocycles. The molecule has 1 unspecified atom stereocenters. The van der Waals surface area contributed by atoms with Crippen LogP contribution in [-0.4, -0.2) is 48.0 Å². The minimum atomic E-state index is 0.311. The molecule has 1 saturated heterocycles. The second-order valence-corrected chi connectivity index (χ2v) is 5.93. The van der Waals surface area contributed by atoms with Crippen molar-refractivity contribution in [3.63, 3.8) is 0 Å². The van der Waals surface area contributed by atoms with E-state index in [0.717, 1.165) is 50.3 Å². The van der Waals surface area contributed by atoms with Crippen molar-refractivity contribution in [2.75, 3.05) is 31.7 Å². The molecule has 0 N–H and O–H groups in total. The Bertz CT molecular complexity index is 623. The molecular formula is C17H24N4O3. The number of rotatable bonds is 8. The Balaban J connectivity index is 1.70. The van der Waals surface area contributed by atoms with Crippen LogP contribution in [0.25, 0.3) is 11.5 Å². The molecule has 0 spiro atoms. The number of pyridine rings is 1. The maximum atomic E-state index is 5.76. The highest BCUT2D eigenvalue weighted by Gasteiger charge is 2.20. The number of anilines is 1. The summed E-state index contributed by atoms with van der Waals surface area (Å²) in [7, 11) is 1.60. The summed E-state index contributed by atoms with van der Waals surface area (Å²) in [5.41, 5.74) is 0.808. The highest BCUT2D eigenvalue weighted by molar-refractivity contribution is 5.54. The third kappa shape index (κ3) is 4.10. The number of nitrogens with zero attached hydrogens (tertiary/aromatic N) is 4. The van der Waals surface area contributed by atoms with Crippen LogP contribution in [0.4, 0.5) is 5.82 Å². The molecule has 3 rings (SSSR count). The maximum Gasteiger partial charge on any atom is 0.259 e. The van der Waals surface area contributed by atoms with Crippen LogP contribution in [0.15, 0.2) is 22.9 Å². The first-order chi connectivity index (χ1) is 11.8. The summed E-state index contributed by atoms with van der Waals surface area (Å²) in [6, 6.07) is 3.96. The molecule has 3 heterocycles. The predicted octanol–water partition coefficient (Wildman–Crippen LogP) is 2.67. The number of methoxy groups -OCH3 is 1. The van der Waals surface area contributed by atoms with Gasteiger partial charge in [-0.1, -0.05) is 12.1 Å². The quantitative estimate of drug-likeness (QED) is 0.735. The fourth-order valence-electron chi connectivity index (χ4n) is 2.86. The van der Waals surface area contributed by atoms with Gasteiger partial charge < -0.3 is 18.9 Å². The van der Waals surface area contributed by atoms with Crippen LogP contribution in [0, 0.1) is 0 Å². The van der Waals surface area contributed by atoms with E-state index in [1.807, 2.05) is 12.1 Å². The first kappa shape index (κ1) is 16.9. The van der Waals surface area contributed by atoms with Gasteiger partial charge in [0, 0.05) is 33.0 Å². The van der Waals surface area contributed by atoms with Gasteiger partial charge in [0.15, 0.2) is 5.82 Å². The van der Waals surface area contributed by atoms with Crippen molar-refractivity contribution in [2.45, 2.75) is 38.9 Å². The molecule has 0 saturated carbocycles. The van der Waals surface area contributed by atoms with Gasteiger partial charge in [-0.3, -0.25) is 0 Å². The third-order valence-corrected chi connectivity index (χ3v) is 4.00. The fourth-order valence-corrected chi connectivity index (χ4v) is 2.86. The molecule has 0 amide bonds. The topological polar surface area (TPSA) is 73.5 Å². The highest BCUT2D eigenvalue weighted by atomic mass is 16.5. The fraction of sp³-hybridized carbons (Fsp3) is 0.588. The summed E-state index contributed by atoms with van der Waals surface area (Å²) in [6.07, 6.45) is 5.43. The van der Waals surface area contributed by atoms with E-state index >= 15 is 0 Å². The largest absolute Gasteiger partial charge is 0.377 e. The van der Waals surface area contributed by atoms with Gasteiger partial charge in [0.25, 0.3) is 5.89 Å². The van der Waals surface area contributed by atoms with E-state index in [4.69, 9.17) is 14.0 Å². The molecule has 1 atom stereocenters. The van der Waals surface area contributed by atoms with Gasteiger partial charge in [-0.05, 0) is 31.4 Å². The Morgan fingerprint density at radius 2 is 2.29 bits per heavy atom. The van der Waals surface area contributed by atoms with E-state index in [1.165, 1.54) is 0 Å². The summed E-state index contributed by atoms with van der Waals surface area (Å²) in [5, 5.41) is 3.87. The molecule has 0 bridgehead atoms. The molecule has 7 nitrogen and oxygen atoms in total. The Labute approximate surface area is 142 Å².